The molecule has 0 atom stereocenters. The van der Waals surface area contributed by atoms with E-state index in [0.717, 1.165) is 22.2 Å². The molecule has 0 aliphatic heterocycles. The summed E-state index contributed by atoms with van der Waals surface area (Å²) in [6.07, 6.45) is 0. The third-order valence-electron chi connectivity index (χ3n) is 3.30. The highest BCUT2D eigenvalue weighted by Gasteiger charge is 2.10. The van der Waals surface area contributed by atoms with Gasteiger partial charge in [-0.3, -0.25) is 0 Å². The van der Waals surface area contributed by atoms with Gasteiger partial charge in [0.05, 0.1) is 16.6 Å². The molecule has 20 heavy (non-hydrogen) atoms. The molecule has 0 saturated carbocycles. The molecule has 0 bridgehead atoms. The summed E-state index contributed by atoms with van der Waals surface area (Å²) in [5.41, 5.74) is 5.21. The third kappa shape index (κ3) is 2.05. The van der Waals surface area contributed by atoms with Crippen molar-refractivity contribution in [2.45, 2.75) is 13.8 Å². The largest absolute Gasteiger partial charge is 0.478 e. The molecular formula is C16H14N2O2. The number of aryl methyl sites for hydroxylation is 2. The molecule has 0 spiro atoms. The molecule has 3 rings (SSSR count). The van der Waals surface area contributed by atoms with Crippen LogP contribution in [0.15, 0.2) is 36.4 Å². The predicted molar refractivity (Wildman–Crippen MR) is 78.0 cm³/mol. The minimum absolute atomic E-state index is 0.260. The number of aromatic nitrogens is 2. The highest BCUT2D eigenvalue weighted by molar-refractivity contribution is 5.90. The van der Waals surface area contributed by atoms with Crippen LogP contribution >= 0.6 is 0 Å². The summed E-state index contributed by atoms with van der Waals surface area (Å²) < 4.78 is 0. The maximum atomic E-state index is 11.0. The Morgan fingerprint density at radius 3 is 2.75 bits per heavy atom. The lowest BCUT2D eigenvalue weighted by Gasteiger charge is -1.98. The van der Waals surface area contributed by atoms with Crippen molar-refractivity contribution in [1.29, 1.82) is 0 Å². The number of nitrogens with zero attached hydrogens (tertiary/aromatic N) is 1. The van der Waals surface area contributed by atoms with E-state index in [0.29, 0.717) is 5.82 Å². The molecule has 2 N–H and O–H groups in total. The lowest BCUT2D eigenvalue weighted by molar-refractivity contribution is 0.0697. The molecule has 0 saturated heterocycles. The predicted octanol–water partition coefficient (Wildman–Crippen LogP) is 3.54. The van der Waals surface area contributed by atoms with E-state index in [1.165, 1.54) is 5.56 Å². The molecule has 3 aromatic rings. The summed E-state index contributed by atoms with van der Waals surface area (Å²) in [6, 6.07) is 10.9. The summed E-state index contributed by atoms with van der Waals surface area (Å²) in [5.74, 6) is -0.244. The molecular weight excluding hydrogens is 252 g/mol. The fourth-order valence-electron chi connectivity index (χ4n) is 2.41. The number of imidazole rings is 1. The molecule has 1 heterocycles. The Hall–Kier alpha value is -2.62. The van der Waals surface area contributed by atoms with E-state index in [1.54, 1.807) is 18.2 Å². The number of carboxylic acids is 1. The van der Waals surface area contributed by atoms with Crippen LogP contribution in [0.4, 0.5) is 0 Å². The van der Waals surface area contributed by atoms with Crippen molar-refractivity contribution in [3.05, 3.63) is 53.1 Å². The highest BCUT2D eigenvalue weighted by atomic mass is 16.4. The van der Waals surface area contributed by atoms with E-state index in [4.69, 9.17) is 5.11 Å². The van der Waals surface area contributed by atoms with Crippen LogP contribution in [0, 0.1) is 13.8 Å². The first-order valence-electron chi connectivity index (χ1n) is 6.35. The zero-order chi connectivity index (χ0) is 14.3. The van der Waals surface area contributed by atoms with Gasteiger partial charge in [0.25, 0.3) is 0 Å². The summed E-state index contributed by atoms with van der Waals surface area (Å²) in [5, 5.41) is 9.05. The van der Waals surface area contributed by atoms with Gasteiger partial charge in [-0.15, -0.1) is 0 Å². The van der Waals surface area contributed by atoms with Crippen LogP contribution in [0.1, 0.15) is 21.5 Å². The van der Waals surface area contributed by atoms with Gasteiger partial charge in [-0.2, -0.15) is 0 Å². The lowest BCUT2D eigenvalue weighted by Crippen LogP contribution is -1.95. The topological polar surface area (TPSA) is 66.0 Å². The molecule has 0 amide bonds. The van der Waals surface area contributed by atoms with Gasteiger partial charge in [-0.25, -0.2) is 9.78 Å². The normalized spacial score (nSPS) is 10.9. The third-order valence-corrected chi connectivity index (χ3v) is 3.30. The molecule has 0 aliphatic rings. The van der Waals surface area contributed by atoms with Crippen molar-refractivity contribution in [2.75, 3.05) is 0 Å². The minimum Gasteiger partial charge on any atom is -0.478 e. The fourth-order valence-corrected chi connectivity index (χ4v) is 2.41. The summed E-state index contributed by atoms with van der Waals surface area (Å²) in [4.78, 5) is 18.9. The van der Waals surface area contributed by atoms with Crippen molar-refractivity contribution in [2.24, 2.45) is 0 Å². The average Bonchev–Trinajstić information content (AvgIpc) is 2.83. The Bertz CT molecular complexity index is 818. The Kier molecular flexibility index (Phi) is 2.79. The number of carbonyl (C=O) groups is 1. The first-order valence-corrected chi connectivity index (χ1v) is 6.35. The van der Waals surface area contributed by atoms with Crippen molar-refractivity contribution >= 4 is 17.0 Å². The second-order valence-corrected chi connectivity index (χ2v) is 4.95. The molecule has 4 heteroatoms. The standard InChI is InChI=1S/C16H14N2O2/c1-9-6-10(2)14-13(7-9)17-15(18-14)11-4-3-5-12(8-11)16(19)20/h3-8H,1-2H3,(H,17,18)(H,19,20). The summed E-state index contributed by atoms with van der Waals surface area (Å²) in [7, 11) is 0. The van der Waals surface area contributed by atoms with E-state index in [-0.39, 0.29) is 5.56 Å². The summed E-state index contributed by atoms with van der Waals surface area (Å²) in [6.45, 7) is 4.06. The van der Waals surface area contributed by atoms with Crippen LogP contribution in [0.2, 0.25) is 0 Å². The molecule has 100 valence electrons. The Balaban J connectivity index is 2.17. The first-order chi connectivity index (χ1) is 9.54. The molecule has 0 radical (unpaired) electrons. The number of carboxylic acid groups (broad SMARTS) is 1. The lowest BCUT2D eigenvalue weighted by atomic mass is 10.1. The second-order valence-electron chi connectivity index (χ2n) is 4.95. The van der Waals surface area contributed by atoms with Gasteiger partial charge in [0.2, 0.25) is 0 Å². The number of hydrogen-bond acceptors (Lipinski definition) is 2. The monoisotopic (exact) mass is 266 g/mol. The number of aromatic amines is 1. The number of benzene rings is 2. The minimum atomic E-state index is -0.935. The number of hydrogen-bond donors (Lipinski definition) is 2. The molecule has 0 fully saturated rings. The van der Waals surface area contributed by atoms with Gasteiger partial charge >= 0.3 is 5.97 Å². The van der Waals surface area contributed by atoms with Gasteiger partial charge in [-0.05, 0) is 43.2 Å². The SMILES string of the molecule is Cc1cc(C)c2nc(-c3cccc(C(=O)O)c3)[nH]c2c1. The van der Waals surface area contributed by atoms with Crippen LogP contribution in [0.5, 0.6) is 0 Å². The van der Waals surface area contributed by atoms with Crippen LogP contribution in [-0.2, 0) is 0 Å². The zero-order valence-corrected chi connectivity index (χ0v) is 11.3. The summed E-state index contributed by atoms with van der Waals surface area (Å²) >= 11 is 0. The van der Waals surface area contributed by atoms with Gasteiger partial charge in [0.1, 0.15) is 5.82 Å². The quantitative estimate of drug-likeness (QED) is 0.745. The van der Waals surface area contributed by atoms with Gasteiger partial charge in [0.15, 0.2) is 0 Å². The number of fused-ring (bicyclic) bond motifs is 1. The zero-order valence-electron chi connectivity index (χ0n) is 11.3. The van der Waals surface area contributed by atoms with Crippen LogP contribution in [0.3, 0.4) is 0 Å². The molecule has 2 aromatic carbocycles. The maximum absolute atomic E-state index is 11.0. The first kappa shape index (κ1) is 12.4. The van der Waals surface area contributed by atoms with Gasteiger partial charge in [-0.1, -0.05) is 18.2 Å². The number of H-pyrrole nitrogens is 1. The van der Waals surface area contributed by atoms with Crippen molar-refractivity contribution in [3.63, 3.8) is 0 Å². The molecule has 0 aliphatic carbocycles. The van der Waals surface area contributed by atoms with Crippen LogP contribution in [-0.4, -0.2) is 21.0 Å². The van der Waals surface area contributed by atoms with Crippen LogP contribution < -0.4 is 0 Å². The number of aromatic carboxylic acids is 1. The fraction of sp³-hybridized carbons (Fsp3) is 0.125. The van der Waals surface area contributed by atoms with E-state index >= 15 is 0 Å². The molecule has 4 nitrogen and oxygen atoms in total. The molecule has 1 aromatic heterocycles. The van der Waals surface area contributed by atoms with Crippen molar-refractivity contribution in [1.82, 2.24) is 9.97 Å². The van der Waals surface area contributed by atoms with E-state index < -0.39 is 5.97 Å². The Morgan fingerprint density at radius 1 is 1.20 bits per heavy atom. The second kappa shape index (κ2) is 4.49. The highest BCUT2D eigenvalue weighted by Crippen LogP contribution is 2.24. The maximum Gasteiger partial charge on any atom is 0.335 e. The van der Waals surface area contributed by atoms with Crippen molar-refractivity contribution in [3.8, 4) is 11.4 Å². The average molecular weight is 266 g/mol. The molecule has 0 unspecified atom stereocenters. The Morgan fingerprint density at radius 2 is 2.00 bits per heavy atom. The van der Waals surface area contributed by atoms with Gasteiger partial charge in [0, 0.05) is 5.56 Å². The van der Waals surface area contributed by atoms with E-state index in [9.17, 15) is 4.79 Å². The van der Waals surface area contributed by atoms with Crippen molar-refractivity contribution < 1.29 is 9.90 Å². The number of nitrogens with one attached hydrogen (secondary N) is 1. The van der Waals surface area contributed by atoms with Crippen LogP contribution in [0.25, 0.3) is 22.4 Å². The number of rotatable bonds is 2. The Labute approximate surface area is 116 Å². The van der Waals surface area contributed by atoms with Gasteiger partial charge < -0.3 is 10.1 Å². The smallest absolute Gasteiger partial charge is 0.335 e. The van der Waals surface area contributed by atoms with E-state index in [1.807, 2.05) is 26.0 Å². The van der Waals surface area contributed by atoms with E-state index in [2.05, 4.69) is 16.0 Å².